The molecule has 170 valence electrons. The molecule has 1 amide bonds. The number of fused-ring (bicyclic) bond motifs is 1. The second-order valence-corrected chi connectivity index (χ2v) is 12.0. The minimum absolute atomic E-state index is 0.134. The third-order valence-corrected chi connectivity index (χ3v) is 8.82. The van der Waals surface area contributed by atoms with Crippen LogP contribution in [0.3, 0.4) is 0 Å². The van der Waals surface area contributed by atoms with Gasteiger partial charge in [-0.15, -0.1) is 32.9 Å². The third-order valence-electron chi connectivity index (χ3n) is 6.74. The van der Waals surface area contributed by atoms with Crippen molar-refractivity contribution in [2.75, 3.05) is 26.2 Å². The smallest absolute Gasteiger partial charge is 0.264 e. The van der Waals surface area contributed by atoms with Gasteiger partial charge in [-0.05, 0) is 53.7 Å². The fraction of sp³-hybridized carbons (Fsp3) is 0.542. The zero-order valence-electron chi connectivity index (χ0n) is 19.0. The van der Waals surface area contributed by atoms with Gasteiger partial charge < -0.3 is 9.32 Å². The van der Waals surface area contributed by atoms with Crippen molar-refractivity contribution in [2.24, 2.45) is 11.3 Å². The molecule has 1 aliphatic carbocycles. The fourth-order valence-electron chi connectivity index (χ4n) is 4.64. The Morgan fingerprint density at radius 1 is 1.22 bits per heavy atom. The second kappa shape index (κ2) is 8.72. The van der Waals surface area contributed by atoms with Crippen molar-refractivity contribution in [3.8, 4) is 10.8 Å². The number of piperazine rings is 1. The van der Waals surface area contributed by atoms with E-state index in [4.69, 9.17) is 4.42 Å². The predicted molar refractivity (Wildman–Crippen MR) is 128 cm³/mol. The topological polar surface area (TPSA) is 62.5 Å². The molecule has 2 aliphatic rings. The van der Waals surface area contributed by atoms with Crippen molar-refractivity contribution < 1.29 is 9.21 Å². The molecule has 6 nitrogen and oxygen atoms in total. The molecule has 0 spiro atoms. The van der Waals surface area contributed by atoms with E-state index in [1.54, 1.807) is 0 Å². The van der Waals surface area contributed by atoms with Crippen LogP contribution in [0.15, 0.2) is 28.0 Å². The number of hydrogen-bond acceptors (Lipinski definition) is 7. The molecule has 8 heteroatoms. The van der Waals surface area contributed by atoms with Crippen molar-refractivity contribution >= 4 is 28.6 Å². The highest BCUT2D eigenvalue weighted by atomic mass is 32.1. The van der Waals surface area contributed by atoms with Crippen LogP contribution in [0.1, 0.15) is 53.2 Å². The molecule has 1 atom stereocenters. The van der Waals surface area contributed by atoms with E-state index in [0.29, 0.717) is 23.7 Å². The molecule has 0 bridgehead atoms. The molecule has 1 saturated heterocycles. The van der Waals surface area contributed by atoms with E-state index in [0.717, 1.165) is 54.7 Å². The van der Waals surface area contributed by atoms with Gasteiger partial charge in [0.1, 0.15) is 0 Å². The lowest BCUT2D eigenvalue weighted by molar-refractivity contribution is 0.0623. The van der Waals surface area contributed by atoms with Crippen LogP contribution in [0.2, 0.25) is 0 Å². The van der Waals surface area contributed by atoms with Crippen LogP contribution in [0.4, 0.5) is 0 Å². The number of hydrogen-bond donors (Lipinski definition) is 0. The Labute approximate surface area is 197 Å². The van der Waals surface area contributed by atoms with Gasteiger partial charge in [0.2, 0.25) is 5.89 Å². The summed E-state index contributed by atoms with van der Waals surface area (Å²) in [5, 5.41) is 10.6. The van der Waals surface area contributed by atoms with Gasteiger partial charge in [-0.2, -0.15) is 0 Å². The maximum absolute atomic E-state index is 12.5. The van der Waals surface area contributed by atoms with Crippen molar-refractivity contribution in [2.45, 2.75) is 46.6 Å². The van der Waals surface area contributed by atoms with E-state index in [1.165, 1.54) is 28.2 Å². The lowest BCUT2D eigenvalue weighted by Crippen LogP contribution is -2.48. The number of carbonyl (C=O) groups is 1. The van der Waals surface area contributed by atoms with Crippen molar-refractivity contribution in [3.63, 3.8) is 0 Å². The van der Waals surface area contributed by atoms with E-state index in [-0.39, 0.29) is 5.91 Å². The molecule has 0 N–H and O–H groups in total. The van der Waals surface area contributed by atoms with E-state index in [1.807, 2.05) is 33.7 Å². The molecular weight excluding hydrogens is 440 g/mol. The molecular formula is C24H30N4O2S2. The van der Waals surface area contributed by atoms with Gasteiger partial charge in [0.15, 0.2) is 0 Å². The number of thiophene rings is 2. The highest BCUT2D eigenvalue weighted by molar-refractivity contribution is 7.15. The summed E-state index contributed by atoms with van der Waals surface area (Å²) in [6.45, 7) is 10.8. The molecule has 0 aromatic carbocycles. The summed E-state index contributed by atoms with van der Waals surface area (Å²) in [4.78, 5) is 20.1. The molecule has 1 unspecified atom stereocenters. The number of nitrogens with zero attached hydrogens (tertiary/aromatic N) is 4. The van der Waals surface area contributed by atoms with E-state index in [9.17, 15) is 4.79 Å². The average molecular weight is 471 g/mol. The Kier molecular flexibility index (Phi) is 5.94. The first-order valence-corrected chi connectivity index (χ1v) is 13.1. The van der Waals surface area contributed by atoms with E-state index < -0.39 is 0 Å². The Bertz CT molecular complexity index is 1070. The molecule has 1 fully saturated rings. The molecule has 1 aliphatic heterocycles. The highest BCUT2D eigenvalue weighted by Crippen LogP contribution is 2.42. The van der Waals surface area contributed by atoms with Crippen LogP contribution in [-0.2, 0) is 19.4 Å². The number of aromatic nitrogens is 2. The molecule has 3 aromatic heterocycles. The number of rotatable bonds is 4. The van der Waals surface area contributed by atoms with Crippen LogP contribution in [0.25, 0.3) is 10.8 Å². The van der Waals surface area contributed by atoms with Gasteiger partial charge in [0, 0.05) is 31.1 Å². The van der Waals surface area contributed by atoms with Gasteiger partial charge in [0.25, 0.3) is 11.8 Å². The van der Waals surface area contributed by atoms with Gasteiger partial charge >= 0.3 is 0 Å². The first-order valence-electron chi connectivity index (χ1n) is 11.4. The molecule has 0 saturated carbocycles. The number of amides is 1. The van der Waals surface area contributed by atoms with Gasteiger partial charge in [0.05, 0.1) is 16.3 Å². The van der Waals surface area contributed by atoms with Crippen molar-refractivity contribution in [1.82, 2.24) is 20.0 Å². The summed E-state index contributed by atoms with van der Waals surface area (Å²) in [6, 6.07) is 6.09. The zero-order chi connectivity index (χ0) is 22.3. The highest BCUT2D eigenvalue weighted by Gasteiger charge is 2.30. The molecule has 32 heavy (non-hydrogen) atoms. The number of aryl methyl sites for hydroxylation is 1. The Hall–Kier alpha value is -2.03. The Balaban J connectivity index is 1.19. The maximum atomic E-state index is 12.5. The monoisotopic (exact) mass is 470 g/mol. The van der Waals surface area contributed by atoms with Crippen LogP contribution < -0.4 is 0 Å². The van der Waals surface area contributed by atoms with Crippen molar-refractivity contribution in [3.05, 3.63) is 44.8 Å². The summed E-state index contributed by atoms with van der Waals surface area (Å²) < 4.78 is 6.05. The number of carbonyl (C=O) groups excluding carboxylic acids is 1. The van der Waals surface area contributed by atoms with E-state index >= 15 is 0 Å². The predicted octanol–water partition coefficient (Wildman–Crippen LogP) is 4.97. The normalized spacial score (nSPS) is 19.8. The van der Waals surface area contributed by atoms with Crippen LogP contribution in [0, 0.1) is 11.3 Å². The van der Waals surface area contributed by atoms with Gasteiger partial charge in [-0.25, -0.2) is 0 Å². The largest absolute Gasteiger partial charge is 0.419 e. The lowest BCUT2D eigenvalue weighted by atomic mass is 9.72. The average Bonchev–Trinajstić information content (AvgIpc) is 3.52. The molecule has 0 radical (unpaired) electrons. The third kappa shape index (κ3) is 4.54. The standard InChI is InChI=1S/C24H30N4O2S2/c1-24(2,3)17-6-7-18-16(13-17)14-20(32-18)22-26-25-21(30-22)15-27-8-10-28(11-9-27)23(29)19-5-4-12-31-19/h4-5,12,14,17H,6-11,13,15H2,1-3H3. The van der Waals surface area contributed by atoms with Crippen LogP contribution >= 0.6 is 22.7 Å². The summed E-state index contributed by atoms with van der Waals surface area (Å²) in [7, 11) is 0. The molecule has 3 aromatic rings. The van der Waals surface area contributed by atoms with E-state index in [2.05, 4.69) is 41.9 Å². The summed E-state index contributed by atoms with van der Waals surface area (Å²) in [5.41, 5.74) is 1.80. The van der Waals surface area contributed by atoms with Crippen molar-refractivity contribution in [1.29, 1.82) is 0 Å². The fourth-order valence-corrected chi connectivity index (χ4v) is 6.46. The van der Waals surface area contributed by atoms with Crippen LogP contribution in [0.5, 0.6) is 0 Å². The second-order valence-electron chi connectivity index (χ2n) is 9.91. The Morgan fingerprint density at radius 3 is 2.75 bits per heavy atom. The summed E-state index contributed by atoms with van der Waals surface area (Å²) in [5.74, 6) is 2.14. The first kappa shape index (κ1) is 21.8. The minimum atomic E-state index is 0.134. The van der Waals surface area contributed by atoms with Crippen LogP contribution in [-0.4, -0.2) is 52.1 Å². The first-order chi connectivity index (χ1) is 15.4. The summed E-state index contributed by atoms with van der Waals surface area (Å²) >= 11 is 3.31. The quantitative estimate of drug-likeness (QED) is 0.539. The zero-order valence-corrected chi connectivity index (χ0v) is 20.6. The lowest BCUT2D eigenvalue weighted by Gasteiger charge is -2.33. The van der Waals surface area contributed by atoms with Gasteiger partial charge in [-0.1, -0.05) is 26.8 Å². The molecule has 4 heterocycles. The molecule has 5 rings (SSSR count). The van der Waals surface area contributed by atoms with Gasteiger partial charge in [-0.3, -0.25) is 9.69 Å². The summed E-state index contributed by atoms with van der Waals surface area (Å²) in [6.07, 6.45) is 3.55. The Morgan fingerprint density at radius 2 is 2.03 bits per heavy atom. The SMILES string of the molecule is CC(C)(C)C1CCc2sc(-c3nnc(CN4CCN(C(=O)c5cccs5)CC4)o3)cc2C1. The minimum Gasteiger partial charge on any atom is -0.419 e. The maximum Gasteiger partial charge on any atom is 0.264 e.